The smallest absolute Gasteiger partial charge is 0.243 e. The van der Waals surface area contributed by atoms with Crippen LogP contribution < -0.4 is 9.13 Å². The molecule has 0 amide bonds. The molecule has 0 atom stereocenters. The molecule has 0 spiro atoms. The molecule has 2 aromatic rings. The summed E-state index contributed by atoms with van der Waals surface area (Å²) in [6.45, 7) is 9.35. The molecular weight excluding hydrogens is 721 g/mol. The normalized spacial score (nSPS) is 11.6. The van der Waals surface area contributed by atoms with Gasteiger partial charge in [-0.3, -0.25) is 0 Å². The van der Waals surface area contributed by atoms with E-state index < -0.39 is 20.2 Å². The quantitative estimate of drug-likeness (QED) is 0.0401. The molecule has 0 unspecified atom stereocenters. The summed E-state index contributed by atoms with van der Waals surface area (Å²) in [7, 11) is -7.83. The van der Waals surface area contributed by atoms with Crippen molar-refractivity contribution in [2.75, 3.05) is 12.5 Å². The molecule has 0 saturated carbocycles. The van der Waals surface area contributed by atoms with Crippen LogP contribution in [-0.2, 0) is 46.4 Å². The molecule has 0 N–H and O–H groups in total. The van der Waals surface area contributed by atoms with Crippen LogP contribution in [0, 0.1) is 0 Å². The van der Waals surface area contributed by atoms with Crippen LogP contribution in [0.1, 0.15) is 194 Å². The molecule has 12 heteroatoms. The predicted octanol–water partition coefficient (Wildman–Crippen LogP) is 9.85. The summed E-state index contributed by atoms with van der Waals surface area (Å²) in [6.07, 6.45) is 54.3. The molecule has 0 saturated heterocycles. The Hall–Kier alpha value is -1.76. The van der Waals surface area contributed by atoms with Gasteiger partial charge in [-0.25, -0.2) is 35.1 Å². The SMILES string of the molecule is CCCCCCCCC[n+]1ccn(CCCCCCCCCCCCCCCCn2cc[n+](CCCCCCCCC)c2)c1.CS(=O)(=O)[O-].CS(=O)(=O)[O-]. The van der Waals surface area contributed by atoms with E-state index in [4.69, 9.17) is 25.9 Å². The van der Waals surface area contributed by atoms with E-state index in [2.05, 4.69) is 69.6 Å². The summed E-state index contributed by atoms with van der Waals surface area (Å²) in [5.41, 5.74) is 0. The topological polar surface area (TPSA) is 132 Å². The number of unbranched alkanes of at least 4 members (excludes halogenated alkanes) is 25. The van der Waals surface area contributed by atoms with Gasteiger partial charge < -0.3 is 9.11 Å². The van der Waals surface area contributed by atoms with E-state index in [0.717, 1.165) is 0 Å². The zero-order chi connectivity index (χ0) is 40.2. The maximum Gasteiger partial charge on any atom is 0.243 e. The number of hydrogen-bond donors (Lipinski definition) is 0. The van der Waals surface area contributed by atoms with E-state index in [-0.39, 0.29) is 0 Å². The molecule has 2 aromatic heterocycles. The van der Waals surface area contributed by atoms with Crippen LogP contribution in [0.25, 0.3) is 0 Å². The molecular formula is C42H82N4O6S2. The maximum absolute atomic E-state index is 9.08. The summed E-state index contributed by atoms with van der Waals surface area (Å²) in [4.78, 5) is 0. The van der Waals surface area contributed by atoms with E-state index in [1.807, 2.05) is 0 Å². The Balaban J connectivity index is 0.00000247. The fraction of sp³-hybridized carbons (Fsp3) is 0.857. The monoisotopic (exact) mass is 803 g/mol. The summed E-state index contributed by atoms with van der Waals surface area (Å²) < 4.78 is 64.0. The largest absolute Gasteiger partial charge is 0.748 e. The molecule has 318 valence electrons. The Morgan fingerprint density at radius 3 is 0.889 bits per heavy atom. The van der Waals surface area contributed by atoms with Crippen LogP contribution in [0.2, 0.25) is 0 Å². The lowest BCUT2D eigenvalue weighted by Crippen LogP contribution is -2.30. The molecule has 0 aliphatic carbocycles. The third-order valence-electron chi connectivity index (χ3n) is 9.61. The Kier molecular flexibility index (Phi) is 34.5. The molecule has 0 aliphatic rings. The van der Waals surface area contributed by atoms with Gasteiger partial charge in [-0.2, -0.15) is 0 Å². The van der Waals surface area contributed by atoms with Gasteiger partial charge in [0.2, 0.25) is 12.7 Å². The maximum atomic E-state index is 9.08. The number of aryl methyl sites for hydroxylation is 4. The van der Waals surface area contributed by atoms with Gasteiger partial charge >= 0.3 is 0 Å². The first-order valence-electron chi connectivity index (χ1n) is 21.7. The number of aromatic nitrogens is 4. The van der Waals surface area contributed by atoms with Crippen LogP contribution in [0.3, 0.4) is 0 Å². The van der Waals surface area contributed by atoms with Crippen LogP contribution in [0.4, 0.5) is 0 Å². The van der Waals surface area contributed by atoms with Gasteiger partial charge in [-0.15, -0.1) is 0 Å². The fourth-order valence-corrected chi connectivity index (χ4v) is 6.62. The minimum absolute atomic E-state index is 0.604. The third kappa shape index (κ3) is 43.0. The average molecular weight is 803 g/mol. The molecule has 0 fully saturated rings. The van der Waals surface area contributed by atoms with Gasteiger partial charge in [0.05, 0.1) is 46.4 Å². The lowest BCUT2D eigenvalue weighted by atomic mass is 10.0. The summed E-state index contributed by atoms with van der Waals surface area (Å²) in [5, 5.41) is 0. The van der Waals surface area contributed by atoms with E-state index >= 15 is 0 Å². The van der Waals surface area contributed by atoms with Crippen LogP contribution >= 0.6 is 0 Å². The first-order chi connectivity index (χ1) is 25.8. The summed E-state index contributed by atoms with van der Waals surface area (Å²) in [5.74, 6) is 0. The van der Waals surface area contributed by atoms with Gasteiger partial charge in [-0.1, -0.05) is 142 Å². The number of nitrogens with zero attached hydrogens (tertiary/aromatic N) is 4. The van der Waals surface area contributed by atoms with E-state index in [1.54, 1.807) is 0 Å². The molecule has 10 nitrogen and oxygen atoms in total. The highest BCUT2D eigenvalue weighted by molar-refractivity contribution is 7.85. The minimum atomic E-state index is -3.92. The van der Waals surface area contributed by atoms with Crippen molar-refractivity contribution in [2.24, 2.45) is 0 Å². The highest BCUT2D eigenvalue weighted by Gasteiger charge is 2.05. The van der Waals surface area contributed by atoms with Crippen molar-refractivity contribution in [3.05, 3.63) is 37.4 Å². The lowest BCUT2D eigenvalue weighted by Gasteiger charge is -2.03. The Morgan fingerprint density at radius 2 is 0.630 bits per heavy atom. The summed E-state index contributed by atoms with van der Waals surface area (Å²) in [6, 6.07) is 0. The van der Waals surface area contributed by atoms with Crippen molar-refractivity contribution in [3.8, 4) is 0 Å². The first kappa shape index (κ1) is 52.2. The standard InChI is InChI=1S/C40H76N4.2CH4O3S/c1-3-5-7-9-19-23-27-31-41-35-37-43(39-41)33-29-25-21-17-15-13-11-12-14-16-18-22-26-30-34-44-38-36-42(40-44)32-28-24-20-10-8-6-4-2;2*1-5(2,3)4/h35-40H,3-34H2,1-2H3;2*1H3,(H,2,3,4)/q+2;;/p-2. The van der Waals surface area contributed by atoms with Crippen molar-refractivity contribution in [3.63, 3.8) is 0 Å². The van der Waals surface area contributed by atoms with Gasteiger partial charge in [-0.05, 0) is 51.4 Å². The Morgan fingerprint density at radius 1 is 0.407 bits per heavy atom. The molecule has 0 bridgehead atoms. The fourth-order valence-electron chi connectivity index (χ4n) is 6.62. The Bertz CT molecular complexity index is 1200. The van der Waals surface area contributed by atoms with E-state index in [1.165, 1.54) is 206 Å². The molecule has 0 aliphatic heterocycles. The van der Waals surface area contributed by atoms with Gasteiger partial charge in [0, 0.05) is 12.5 Å². The van der Waals surface area contributed by atoms with Crippen LogP contribution in [0.5, 0.6) is 0 Å². The second-order valence-corrected chi connectivity index (χ2v) is 18.2. The van der Waals surface area contributed by atoms with E-state index in [9.17, 15) is 0 Å². The number of imidazole rings is 2. The van der Waals surface area contributed by atoms with Gasteiger partial charge in [0.1, 0.15) is 24.8 Å². The Labute approximate surface area is 333 Å². The highest BCUT2D eigenvalue weighted by Crippen LogP contribution is 2.14. The summed E-state index contributed by atoms with van der Waals surface area (Å²) >= 11 is 0. The zero-order valence-electron chi connectivity index (χ0n) is 35.1. The predicted molar refractivity (Wildman–Crippen MR) is 221 cm³/mol. The zero-order valence-corrected chi connectivity index (χ0v) is 36.8. The molecule has 2 rings (SSSR count). The molecule has 54 heavy (non-hydrogen) atoms. The van der Waals surface area contributed by atoms with Crippen molar-refractivity contribution < 1.29 is 35.1 Å². The van der Waals surface area contributed by atoms with Crippen molar-refractivity contribution >= 4 is 20.2 Å². The number of hydrogen-bond acceptors (Lipinski definition) is 6. The lowest BCUT2D eigenvalue weighted by molar-refractivity contribution is -0.697. The van der Waals surface area contributed by atoms with Crippen molar-refractivity contribution in [2.45, 2.75) is 220 Å². The van der Waals surface area contributed by atoms with E-state index in [0.29, 0.717) is 12.5 Å². The van der Waals surface area contributed by atoms with Gasteiger partial charge in [0.25, 0.3) is 0 Å². The second-order valence-electron chi connectivity index (χ2n) is 15.4. The first-order valence-corrected chi connectivity index (χ1v) is 25.4. The second kappa shape index (κ2) is 35.6. The highest BCUT2D eigenvalue weighted by atomic mass is 32.2. The molecule has 0 radical (unpaired) electrons. The van der Waals surface area contributed by atoms with Gasteiger partial charge in [0.15, 0.2) is 0 Å². The number of rotatable bonds is 33. The van der Waals surface area contributed by atoms with Crippen molar-refractivity contribution in [1.82, 2.24) is 9.13 Å². The molecule has 0 aromatic carbocycles. The van der Waals surface area contributed by atoms with Crippen LogP contribution in [0.15, 0.2) is 37.4 Å². The van der Waals surface area contributed by atoms with Crippen LogP contribution in [-0.4, -0.2) is 47.6 Å². The third-order valence-corrected chi connectivity index (χ3v) is 9.61. The molecule has 2 heterocycles. The minimum Gasteiger partial charge on any atom is -0.748 e. The van der Waals surface area contributed by atoms with Crippen molar-refractivity contribution in [1.29, 1.82) is 0 Å². The average Bonchev–Trinajstić information content (AvgIpc) is 3.75.